The summed E-state index contributed by atoms with van der Waals surface area (Å²) in [6, 6.07) is 6.69. The first-order valence-corrected chi connectivity index (χ1v) is 7.41. The number of rotatable bonds is 3. The highest BCUT2D eigenvalue weighted by atomic mass is 14.9. The number of benzene rings is 1. The van der Waals surface area contributed by atoms with Gasteiger partial charge in [0.15, 0.2) is 0 Å². The summed E-state index contributed by atoms with van der Waals surface area (Å²) in [5.74, 6) is 2.39. The molecule has 0 amide bonds. The SMILES string of the molecule is CC(C)c1nc2ccc(CC3CCNCC3)cc2[nH]1. The van der Waals surface area contributed by atoms with Crippen molar-refractivity contribution in [2.45, 2.75) is 39.0 Å². The minimum Gasteiger partial charge on any atom is -0.342 e. The molecule has 2 aromatic rings. The van der Waals surface area contributed by atoms with Gasteiger partial charge < -0.3 is 10.3 Å². The fourth-order valence-electron chi connectivity index (χ4n) is 2.90. The van der Waals surface area contributed by atoms with E-state index in [0.29, 0.717) is 5.92 Å². The van der Waals surface area contributed by atoms with Crippen LogP contribution in [0.5, 0.6) is 0 Å². The first-order valence-electron chi connectivity index (χ1n) is 7.41. The second-order valence-electron chi connectivity index (χ2n) is 6.03. The highest BCUT2D eigenvalue weighted by Crippen LogP contribution is 2.22. The first kappa shape index (κ1) is 12.7. The summed E-state index contributed by atoms with van der Waals surface area (Å²) in [6.07, 6.45) is 3.81. The van der Waals surface area contributed by atoms with Crippen LogP contribution in [-0.4, -0.2) is 23.1 Å². The number of nitrogens with zero attached hydrogens (tertiary/aromatic N) is 1. The summed E-state index contributed by atoms with van der Waals surface area (Å²) in [7, 11) is 0. The average Bonchev–Trinajstić information content (AvgIpc) is 2.83. The van der Waals surface area contributed by atoms with Gasteiger partial charge in [0.1, 0.15) is 5.82 Å². The molecule has 1 fully saturated rings. The van der Waals surface area contributed by atoms with E-state index in [1.807, 2.05) is 0 Å². The van der Waals surface area contributed by atoms with Gasteiger partial charge >= 0.3 is 0 Å². The van der Waals surface area contributed by atoms with Gasteiger partial charge in [-0.15, -0.1) is 0 Å². The maximum atomic E-state index is 4.63. The molecule has 3 heteroatoms. The molecule has 3 nitrogen and oxygen atoms in total. The number of hydrogen-bond acceptors (Lipinski definition) is 2. The molecule has 19 heavy (non-hydrogen) atoms. The monoisotopic (exact) mass is 257 g/mol. The van der Waals surface area contributed by atoms with E-state index < -0.39 is 0 Å². The van der Waals surface area contributed by atoms with Crippen LogP contribution in [0.25, 0.3) is 11.0 Å². The summed E-state index contributed by atoms with van der Waals surface area (Å²) in [6.45, 7) is 6.70. The highest BCUT2D eigenvalue weighted by Gasteiger charge is 2.14. The molecule has 0 bridgehead atoms. The predicted octanol–water partition coefficient (Wildman–Crippen LogP) is 3.23. The molecule has 0 aliphatic carbocycles. The molecule has 1 aliphatic rings. The van der Waals surface area contributed by atoms with E-state index in [1.54, 1.807) is 0 Å². The molecule has 2 N–H and O–H groups in total. The molecule has 1 aromatic carbocycles. The zero-order valence-electron chi connectivity index (χ0n) is 11.9. The number of H-pyrrole nitrogens is 1. The molecule has 2 heterocycles. The lowest BCUT2D eigenvalue weighted by molar-refractivity contribution is 0.373. The van der Waals surface area contributed by atoms with Gasteiger partial charge in [-0.25, -0.2) is 4.98 Å². The lowest BCUT2D eigenvalue weighted by atomic mass is 9.91. The Labute approximate surface area is 114 Å². The van der Waals surface area contributed by atoms with Gasteiger partial charge in [0.25, 0.3) is 0 Å². The van der Waals surface area contributed by atoms with Crippen LogP contribution in [-0.2, 0) is 6.42 Å². The van der Waals surface area contributed by atoms with E-state index in [0.717, 1.165) is 17.3 Å². The molecule has 1 aliphatic heterocycles. The number of fused-ring (bicyclic) bond motifs is 1. The van der Waals surface area contributed by atoms with Gasteiger partial charge in [-0.2, -0.15) is 0 Å². The molecule has 102 valence electrons. The summed E-state index contributed by atoms with van der Waals surface area (Å²) >= 11 is 0. The molecular weight excluding hydrogens is 234 g/mol. The number of aromatic amines is 1. The Hall–Kier alpha value is -1.35. The summed E-state index contributed by atoms with van der Waals surface area (Å²) in [5, 5.41) is 3.43. The maximum Gasteiger partial charge on any atom is 0.109 e. The maximum absolute atomic E-state index is 4.63. The Morgan fingerprint density at radius 2 is 2.05 bits per heavy atom. The molecule has 0 atom stereocenters. The Kier molecular flexibility index (Phi) is 3.56. The minimum absolute atomic E-state index is 0.459. The van der Waals surface area contributed by atoms with Crippen LogP contribution >= 0.6 is 0 Å². The zero-order valence-corrected chi connectivity index (χ0v) is 11.9. The van der Waals surface area contributed by atoms with Crippen LogP contribution in [0, 0.1) is 5.92 Å². The summed E-state index contributed by atoms with van der Waals surface area (Å²) < 4.78 is 0. The van der Waals surface area contributed by atoms with Crippen LogP contribution in [0.1, 0.15) is 44.0 Å². The molecular formula is C16H23N3. The Morgan fingerprint density at radius 3 is 2.79 bits per heavy atom. The van der Waals surface area contributed by atoms with Gasteiger partial charge in [-0.05, 0) is 56.0 Å². The van der Waals surface area contributed by atoms with Crippen LogP contribution in [0.4, 0.5) is 0 Å². The van der Waals surface area contributed by atoms with E-state index in [9.17, 15) is 0 Å². The molecule has 1 aromatic heterocycles. The molecule has 3 rings (SSSR count). The lowest BCUT2D eigenvalue weighted by Gasteiger charge is -2.22. The normalized spacial score (nSPS) is 17.4. The van der Waals surface area contributed by atoms with Crippen LogP contribution in [0.3, 0.4) is 0 Å². The minimum atomic E-state index is 0.459. The van der Waals surface area contributed by atoms with Crippen molar-refractivity contribution in [2.75, 3.05) is 13.1 Å². The first-order chi connectivity index (χ1) is 9.22. The topological polar surface area (TPSA) is 40.7 Å². The predicted molar refractivity (Wildman–Crippen MR) is 79.5 cm³/mol. The van der Waals surface area contributed by atoms with Crippen molar-refractivity contribution in [3.8, 4) is 0 Å². The molecule has 0 spiro atoms. The second-order valence-corrected chi connectivity index (χ2v) is 6.03. The van der Waals surface area contributed by atoms with E-state index in [1.165, 1.54) is 43.4 Å². The van der Waals surface area contributed by atoms with Crippen LogP contribution in [0.2, 0.25) is 0 Å². The standard InChI is InChI=1S/C16H23N3/c1-11(2)16-18-14-4-3-13(10-15(14)19-16)9-12-5-7-17-8-6-12/h3-4,10-12,17H,5-9H2,1-2H3,(H,18,19). The quantitative estimate of drug-likeness (QED) is 0.886. The Morgan fingerprint density at radius 1 is 1.26 bits per heavy atom. The highest BCUT2D eigenvalue weighted by molar-refractivity contribution is 5.76. The van der Waals surface area contributed by atoms with Crippen LogP contribution < -0.4 is 5.32 Å². The van der Waals surface area contributed by atoms with Gasteiger partial charge in [-0.3, -0.25) is 0 Å². The zero-order chi connectivity index (χ0) is 13.2. The number of piperidine rings is 1. The van der Waals surface area contributed by atoms with E-state index in [-0.39, 0.29) is 0 Å². The van der Waals surface area contributed by atoms with Crippen molar-refractivity contribution >= 4 is 11.0 Å². The summed E-state index contributed by atoms with van der Waals surface area (Å²) in [5.41, 5.74) is 3.73. The third-order valence-electron chi connectivity index (χ3n) is 4.09. The van der Waals surface area contributed by atoms with Crippen molar-refractivity contribution in [2.24, 2.45) is 5.92 Å². The van der Waals surface area contributed by atoms with Crippen molar-refractivity contribution in [3.05, 3.63) is 29.6 Å². The smallest absolute Gasteiger partial charge is 0.109 e. The number of nitrogens with one attached hydrogen (secondary N) is 2. The van der Waals surface area contributed by atoms with E-state index in [4.69, 9.17) is 0 Å². The van der Waals surface area contributed by atoms with Crippen molar-refractivity contribution in [3.63, 3.8) is 0 Å². The van der Waals surface area contributed by atoms with E-state index in [2.05, 4.69) is 47.3 Å². The fourth-order valence-corrected chi connectivity index (χ4v) is 2.90. The van der Waals surface area contributed by atoms with Gasteiger partial charge in [0.2, 0.25) is 0 Å². The molecule has 0 saturated carbocycles. The van der Waals surface area contributed by atoms with Crippen LogP contribution in [0.15, 0.2) is 18.2 Å². The van der Waals surface area contributed by atoms with Crippen molar-refractivity contribution in [1.29, 1.82) is 0 Å². The molecule has 0 radical (unpaired) electrons. The van der Waals surface area contributed by atoms with E-state index >= 15 is 0 Å². The number of imidazole rings is 1. The molecule has 1 saturated heterocycles. The van der Waals surface area contributed by atoms with Gasteiger partial charge in [-0.1, -0.05) is 19.9 Å². The van der Waals surface area contributed by atoms with Gasteiger partial charge in [0, 0.05) is 5.92 Å². The summed E-state index contributed by atoms with van der Waals surface area (Å²) in [4.78, 5) is 8.08. The lowest BCUT2D eigenvalue weighted by Crippen LogP contribution is -2.28. The Bertz CT molecular complexity index is 550. The number of hydrogen-bond donors (Lipinski definition) is 2. The average molecular weight is 257 g/mol. The largest absolute Gasteiger partial charge is 0.342 e. The number of aromatic nitrogens is 2. The fraction of sp³-hybridized carbons (Fsp3) is 0.562. The Balaban J connectivity index is 1.80. The second kappa shape index (κ2) is 5.33. The third-order valence-corrected chi connectivity index (χ3v) is 4.09. The van der Waals surface area contributed by atoms with Crippen molar-refractivity contribution < 1.29 is 0 Å². The van der Waals surface area contributed by atoms with Crippen molar-refractivity contribution in [1.82, 2.24) is 15.3 Å². The molecule has 0 unspecified atom stereocenters. The third kappa shape index (κ3) is 2.81. The van der Waals surface area contributed by atoms with Gasteiger partial charge in [0.05, 0.1) is 11.0 Å².